The fourth-order valence-corrected chi connectivity index (χ4v) is 6.23. The van der Waals surface area contributed by atoms with Crippen molar-refractivity contribution >= 4 is 29.6 Å². The third kappa shape index (κ3) is 7.92. The van der Waals surface area contributed by atoms with E-state index in [0.717, 1.165) is 11.6 Å². The predicted octanol–water partition coefficient (Wildman–Crippen LogP) is 5.60. The highest BCUT2D eigenvalue weighted by Crippen LogP contribution is 2.38. The summed E-state index contributed by atoms with van der Waals surface area (Å²) in [6, 6.07) is 11.5. The number of nitrogens with zero attached hydrogens (tertiary/aromatic N) is 1. The zero-order valence-electron chi connectivity index (χ0n) is 25.6. The van der Waals surface area contributed by atoms with E-state index in [2.05, 4.69) is 15.4 Å². The number of likely N-dealkylation sites (tertiary alicyclic amines) is 1. The number of benzene rings is 2. The van der Waals surface area contributed by atoms with Crippen LogP contribution in [-0.4, -0.2) is 66.8 Å². The number of carbonyl (C=O) groups excluding carboxylic acids is 4. The van der Waals surface area contributed by atoms with Crippen molar-refractivity contribution in [3.63, 3.8) is 0 Å². The summed E-state index contributed by atoms with van der Waals surface area (Å²) >= 11 is 0. The summed E-state index contributed by atoms with van der Waals surface area (Å²) in [5.41, 5.74) is 0.0923. The Labute approximate surface area is 256 Å². The number of alkyl carbamates (subject to hydrolysis) is 1. The molecule has 1 saturated carbocycles. The first-order valence-corrected chi connectivity index (χ1v) is 15.0. The Hall–Kier alpha value is -4.02. The summed E-state index contributed by atoms with van der Waals surface area (Å²) in [5.74, 6) is -3.01. The summed E-state index contributed by atoms with van der Waals surface area (Å²) in [4.78, 5) is 53.3. The minimum absolute atomic E-state index is 0.00901. The van der Waals surface area contributed by atoms with Gasteiger partial charge in [0.1, 0.15) is 24.1 Å². The number of hydrogen-bond acceptors (Lipinski definition) is 6. The second kappa shape index (κ2) is 14.2. The number of carbonyl (C=O) groups is 4. The van der Waals surface area contributed by atoms with Crippen LogP contribution in [0.15, 0.2) is 48.5 Å². The summed E-state index contributed by atoms with van der Waals surface area (Å²) in [6.07, 6.45) is 1.92. The van der Waals surface area contributed by atoms with Gasteiger partial charge < -0.3 is 25.0 Å². The Balaban J connectivity index is 1.47. The first-order valence-electron chi connectivity index (χ1n) is 15.0. The fourth-order valence-electron chi connectivity index (χ4n) is 6.23. The molecule has 1 saturated heterocycles. The highest BCUT2D eigenvalue weighted by molar-refractivity contribution is 5.99. The summed E-state index contributed by atoms with van der Waals surface area (Å²) in [6.45, 7) is 4.82. The summed E-state index contributed by atoms with van der Waals surface area (Å²) < 4.78 is 38.7. The van der Waals surface area contributed by atoms with Crippen molar-refractivity contribution in [3.05, 3.63) is 65.5 Å². The third-order valence-corrected chi connectivity index (χ3v) is 8.38. The van der Waals surface area contributed by atoms with Crippen LogP contribution in [0.3, 0.4) is 0 Å². The molecule has 2 aromatic carbocycles. The number of alkyl halides is 1. The molecule has 44 heavy (non-hydrogen) atoms. The number of anilines is 1. The van der Waals surface area contributed by atoms with Crippen molar-refractivity contribution < 1.29 is 37.4 Å². The number of ether oxygens (including phenoxy) is 2. The van der Waals surface area contributed by atoms with E-state index < -0.39 is 48.1 Å². The molecule has 1 aliphatic carbocycles. The van der Waals surface area contributed by atoms with E-state index in [9.17, 15) is 28.0 Å². The quantitative estimate of drug-likeness (QED) is 0.375. The molecular formula is C33H41F2N3O6. The van der Waals surface area contributed by atoms with Gasteiger partial charge in [0.25, 0.3) is 0 Å². The van der Waals surface area contributed by atoms with E-state index >= 15 is 0 Å². The monoisotopic (exact) mass is 613 g/mol. The summed E-state index contributed by atoms with van der Waals surface area (Å²) in [7, 11) is 1.19. The molecule has 3 amide bonds. The largest absolute Gasteiger partial charge is 0.465 e. The van der Waals surface area contributed by atoms with Crippen molar-refractivity contribution in [3.8, 4) is 0 Å². The molecule has 9 nitrogen and oxygen atoms in total. The van der Waals surface area contributed by atoms with E-state index in [1.807, 2.05) is 30.3 Å². The minimum Gasteiger partial charge on any atom is -0.465 e. The van der Waals surface area contributed by atoms with Crippen molar-refractivity contribution in [2.75, 3.05) is 25.6 Å². The van der Waals surface area contributed by atoms with Crippen molar-refractivity contribution in [1.82, 2.24) is 10.2 Å². The molecule has 0 radical (unpaired) electrons. The molecule has 1 heterocycles. The Morgan fingerprint density at radius 3 is 2.27 bits per heavy atom. The van der Waals surface area contributed by atoms with Gasteiger partial charge in [0.05, 0.1) is 24.4 Å². The second-order valence-corrected chi connectivity index (χ2v) is 12.5. The van der Waals surface area contributed by atoms with Crippen LogP contribution < -0.4 is 10.6 Å². The van der Waals surface area contributed by atoms with Crippen LogP contribution in [-0.2, 0) is 19.1 Å². The molecule has 2 aliphatic rings. The second-order valence-electron chi connectivity index (χ2n) is 12.5. The molecule has 1 unspecified atom stereocenters. The number of nitrogens with one attached hydrogen (secondary N) is 2. The predicted molar refractivity (Wildman–Crippen MR) is 160 cm³/mol. The van der Waals surface area contributed by atoms with Crippen molar-refractivity contribution in [2.24, 2.45) is 11.8 Å². The van der Waals surface area contributed by atoms with E-state index in [1.165, 1.54) is 19.2 Å². The molecule has 3 atom stereocenters. The molecule has 0 bridgehead atoms. The van der Waals surface area contributed by atoms with Gasteiger partial charge in [-0.15, -0.1) is 0 Å². The highest BCUT2D eigenvalue weighted by atomic mass is 19.1. The van der Waals surface area contributed by atoms with Crippen LogP contribution in [0.1, 0.15) is 74.7 Å². The van der Waals surface area contributed by atoms with Gasteiger partial charge in [0.15, 0.2) is 0 Å². The maximum Gasteiger partial charge on any atom is 0.407 e. The Morgan fingerprint density at radius 2 is 1.68 bits per heavy atom. The average Bonchev–Trinajstić information content (AvgIpc) is 3.45. The Bertz CT molecular complexity index is 1340. The van der Waals surface area contributed by atoms with Gasteiger partial charge in [-0.2, -0.15) is 0 Å². The normalized spacial score (nSPS) is 22.5. The fraction of sp³-hybridized carbons (Fsp3) is 0.515. The average molecular weight is 614 g/mol. The van der Waals surface area contributed by atoms with E-state index in [-0.39, 0.29) is 34.9 Å². The van der Waals surface area contributed by atoms with E-state index in [0.29, 0.717) is 38.6 Å². The van der Waals surface area contributed by atoms with E-state index in [4.69, 9.17) is 4.74 Å². The molecule has 1 aliphatic heterocycles. The first-order chi connectivity index (χ1) is 20.9. The van der Waals surface area contributed by atoms with Crippen LogP contribution in [0, 0.1) is 17.7 Å². The maximum absolute atomic E-state index is 14.9. The molecule has 2 aromatic rings. The number of halogens is 2. The standard InChI is InChI=1S/C33H41F2N3O6/c1-33(2,3)44-32(42)37-27(19-34)21-10-12-22(13-11-21)30(40)38-17-16-24(20-8-6-5-7-9-20)28(38)29(39)36-26-15-14-23(18-25(26)35)31(41)43-4/h5-9,14-15,18,21-22,24,27-28H,10-13,16-17,19H2,1-4H3,(H,36,39)(H,37,42)/t21-,22-,24-,27?,28+/m1/s1. The topological polar surface area (TPSA) is 114 Å². The summed E-state index contributed by atoms with van der Waals surface area (Å²) in [5, 5.41) is 5.27. The van der Waals surface area contributed by atoms with E-state index in [1.54, 1.807) is 25.7 Å². The number of amides is 3. The molecule has 4 rings (SSSR count). The molecule has 238 valence electrons. The van der Waals surface area contributed by atoms with Crippen LogP contribution in [0.5, 0.6) is 0 Å². The van der Waals surface area contributed by atoms with Gasteiger partial charge in [-0.1, -0.05) is 30.3 Å². The van der Waals surface area contributed by atoms with Crippen LogP contribution >= 0.6 is 0 Å². The lowest BCUT2D eigenvalue weighted by atomic mass is 9.78. The Kier molecular flexibility index (Phi) is 10.6. The van der Waals surface area contributed by atoms with Gasteiger partial charge in [0, 0.05) is 18.4 Å². The van der Waals surface area contributed by atoms with Gasteiger partial charge in [-0.25, -0.2) is 18.4 Å². The van der Waals surface area contributed by atoms with Crippen LogP contribution in [0.4, 0.5) is 19.3 Å². The van der Waals surface area contributed by atoms with Gasteiger partial charge >= 0.3 is 12.1 Å². The lowest BCUT2D eigenvalue weighted by Crippen LogP contribution is -2.49. The number of esters is 1. The van der Waals surface area contributed by atoms with Gasteiger partial charge in [0.2, 0.25) is 11.8 Å². The number of hydrogen-bond donors (Lipinski definition) is 2. The molecule has 0 aromatic heterocycles. The number of methoxy groups -OCH3 is 1. The van der Waals surface area contributed by atoms with Gasteiger partial charge in [-0.05, 0) is 82.6 Å². The lowest BCUT2D eigenvalue weighted by molar-refractivity contribution is -0.141. The SMILES string of the molecule is COC(=O)c1ccc(NC(=O)[C@@H]2[C@@H](c3ccccc3)CCN2C(=O)[C@H]2CC[C@H](C(CF)NC(=O)OC(C)(C)C)CC2)c(F)c1. The molecule has 0 spiro atoms. The Morgan fingerprint density at radius 1 is 1.00 bits per heavy atom. The smallest absolute Gasteiger partial charge is 0.407 e. The lowest BCUT2D eigenvalue weighted by Gasteiger charge is -2.36. The number of rotatable bonds is 8. The molecule has 2 fully saturated rings. The molecule has 2 N–H and O–H groups in total. The first kappa shape index (κ1) is 32.9. The maximum atomic E-state index is 14.9. The highest BCUT2D eigenvalue weighted by Gasteiger charge is 2.45. The zero-order valence-corrected chi connectivity index (χ0v) is 25.6. The van der Waals surface area contributed by atoms with Crippen LogP contribution in [0.25, 0.3) is 0 Å². The molecule has 11 heteroatoms. The third-order valence-electron chi connectivity index (χ3n) is 8.38. The van der Waals surface area contributed by atoms with Crippen molar-refractivity contribution in [1.29, 1.82) is 0 Å². The van der Waals surface area contributed by atoms with Gasteiger partial charge in [-0.3, -0.25) is 9.59 Å². The van der Waals surface area contributed by atoms with Crippen LogP contribution in [0.2, 0.25) is 0 Å². The van der Waals surface area contributed by atoms with Crippen molar-refractivity contribution in [2.45, 2.75) is 76.5 Å². The minimum atomic E-state index is -0.880. The zero-order chi connectivity index (χ0) is 32.0. The molecular weight excluding hydrogens is 572 g/mol.